The third-order valence-corrected chi connectivity index (χ3v) is 3.66. The Hall–Kier alpha value is -3.48. The maximum Gasteiger partial charge on any atom is 0.256 e. The largest absolute Gasteiger partial charge is 0.325 e. The number of aromatic nitrogens is 3. The Labute approximate surface area is 144 Å². The molecule has 7 nitrogen and oxygen atoms in total. The number of hydrogen-bond acceptors (Lipinski definition) is 4. The average Bonchev–Trinajstić information content (AvgIpc) is 3.18. The minimum Gasteiger partial charge on any atom is -0.325 e. The predicted octanol–water partition coefficient (Wildman–Crippen LogP) is 2.73. The molecule has 0 bridgehead atoms. The van der Waals surface area contributed by atoms with Crippen molar-refractivity contribution in [3.05, 3.63) is 72.9 Å². The molecule has 0 aliphatic carbocycles. The van der Waals surface area contributed by atoms with E-state index in [1.54, 1.807) is 66.6 Å². The molecule has 1 atom stereocenters. The number of imidazole rings is 1. The van der Waals surface area contributed by atoms with Crippen LogP contribution in [0.2, 0.25) is 0 Å². The fourth-order valence-corrected chi connectivity index (χ4v) is 2.20. The molecule has 0 saturated carbocycles. The van der Waals surface area contributed by atoms with E-state index in [2.05, 4.69) is 20.6 Å². The highest BCUT2D eigenvalue weighted by Gasteiger charge is 2.14. The summed E-state index contributed by atoms with van der Waals surface area (Å²) >= 11 is 0. The van der Waals surface area contributed by atoms with E-state index in [4.69, 9.17) is 0 Å². The second kappa shape index (κ2) is 7.39. The van der Waals surface area contributed by atoms with Crippen molar-refractivity contribution < 1.29 is 9.59 Å². The van der Waals surface area contributed by atoms with Gasteiger partial charge in [0.1, 0.15) is 11.9 Å². The van der Waals surface area contributed by atoms with Crippen molar-refractivity contribution in [2.24, 2.45) is 0 Å². The van der Waals surface area contributed by atoms with Gasteiger partial charge in [-0.2, -0.15) is 0 Å². The minimum atomic E-state index is -0.389. The molecular formula is C18H17N5O2. The van der Waals surface area contributed by atoms with E-state index in [9.17, 15) is 9.59 Å². The first-order chi connectivity index (χ1) is 12.1. The quantitative estimate of drug-likeness (QED) is 0.750. The number of rotatable bonds is 5. The lowest BCUT2D eigenvalue weighted by atomic mass is 10.2. The van der Waals surface area contributed by atoms with Crippen molar-refractivity contribution in [2.75, 3.05) is 10.6 Å². The third kappa shape index (κ3) is 4.08. The number of carbonyl (C=O) groups is 2. The molecule has 2 amide bonds. The van der Waals surface area contributed by atoms with Crippen molar-refractivity contribution >= 4 is 23.3 Å². The number of hydrogen-bond donors (Lipinski definition) is 2. The molecule has 3 aromatic rings. The SMILES string of the molecule is CC(C(=O)Nc1ccc(NC(=O)c2ccccc2)nc1)n1ccnc1. The number of nitrogens with zero attached hydrogens (tertiary/aromatic N) is 3. The fourth-order valence-electron chi connectivity index (χ4n) is 2.20. The standard InChI is InChI=1S/C18H17N5O2/c1-13(23-10-9-19-12-23)17(24)21-15-7-8-16(20-11-15)22-18(25)14-5-3-2-4-6-14/h2-13H,1H3,(H,21,24)(H,20,22,25). The van der Waals surface area contributed by atoms with E-state index in [-0.39, 0.29) is 17.9 Å². The summed E-state index contributed by atoms with van der Waals surface area (Å²) in [6.07, 6.45) is 6.43. The van der Waals surface area contributed by atoms with Gasteiger partial charge in [0, 0.05) is 18.0 Å². The molecule has 2 aromatic heterocycles. The fraction of sp³-hybridized carbons (Fsp3) is 0.111. The predicted molar refractivity (Wildman–Crippen MR) is 94.2 cm³/mol. The highest BCUT2D eigenvalue weighted by Crippen LogP contribution is 2.14. The van der Waals surface area contributed by atoms with Gasteiger partial charge in [-0.25, -0.2) is 9.97 Å². The number of benzene rings is 1. The summed E-state index contributed by atoms with van der Waals surface area (Å²) in [6, 6.07) is 11.8. The zero-order valence-electron chi connectivity index (χ0n) is 13.6. The Morgan fingerprint density at radius 2 is 1.88 bits per heavy atom. The zero-order valence-corrected chi connectivity index (χ0v) is 13.6. The highest BCUT2D eigenvalue weighted by atomic mass is 16.2. The molecule has 1 aromatic carbocycles. The number of carbonyl (C=O) groups excluding carboxylic acids is 2. The van der Waals surface area contributed by atoms with Crippen molar-refractivity contribution in [1.82, 2.24) is 14.5 Å². The van der Waals surface area contributed by atoms with Crippen LogP contribution in [0.1, 0.15) is 23.3 Å². The maximum absolute atomic E-state index is 12.2. The van der Waals surface area contributed by atoms with Gasteiger partial charge in [-0.1, -0.05) is 18.2 Å². The molecule has 2 N–H and O–H groups in total. The van der Waals surface area contributed by atoms with Crippen LogP contribution in [0.15, 0.2) is 67.4 Å². The Kier molecular flexibility index (Phi) is 4.84. The molecule has 0 radical (unpaired) electrons. The number of anilines is 2. The van der Waals surface area contributed by atoms with Crippen molar-refractivity contribution in [3.63, 3.8) is 0 Å². The second-order valence-electron chi connectivity index (χ2n) is 5.43. The molecule has 0 fully saturated rings. The molecule has 0 saturated heterocycles. The van der Waals surface area contributed by atoms with Crippen LogP contribution in [0.3, 0.4) is 0 Å². The van der Waals surface area contributed by atoms with Gasteiger partial charge in [0.15, 0.2) is 0 Å². The van der Waals surface area contributed by atoms with Gasteiger partial charge in [-0.15, -0.1) is 0 Å². The summed E-state index contributed by atoms with van der Waals surface area (Å²) in [5.74, 6) is -0.00556. The lowest BCUT2D eigenvalue weighted by Gasteiger charge is -2.13. The lowest BCUT2D eigenvalue weighted by molar-refractivity contribution is -0.118. The van der Waals surface area contributed by atoms with Gasteiger partial charge in [0.05, 0.1) is 18.2 Å². The van der Waals surface area contributed by atoms with E-state index < -0.39 is 0 Å². The van der Waals surface area contributed by atoms with Crippen LogP contribution in [0, 0.1) is 0 Å². The van der Waals surface area contributed by atoms with E-state index in [1.165, 1.54) is 6.20 Å². The van der Waals surface area contributed by atoms with Crippen molar-refractivity contribution in [3.8, 4) is 0 Å². The average molecular weight is 335 g/mol. The molecule has 2 heterocycles. The Bertz CT molecular complexity index is 845. The Balaban J connectivity index is 1.60. The Morgan fingerprint density at radius 1 is 1.08 bits per heavy atom. The molecule has 25 heavy (non-hydrogen) atoms. The molecule has 7 heteroatoms. The molecule has 0 aliphatic rings. The van der Waals surface area contributed by atoms with Gasteiger partial charge in [0.25, 0.3) is 5.91 Å². The molecule has 0 aliphatic heterocycles. The van der Waals surface area contributed by atoms with Gasteiger partial charge in [-0.3, -0.25) is 9.59 Å². The number of nitrogens with one attached hydrogen (secondary N) is 2. The number of amides is 2. The van der Waals surface area contributed by atoms with Crippen molar-refractivity contribution in [1.29, 1.82) is 0 Å². The molecular weight excluding hydrogens is 318 g/mol. The van der Waals surface area contributed by atoms with Gasteiger partial charge >= 0.3 is 0 Å². The minimum absolute atomic E-state index is 0.180. The van der Waals surface area contributed by atoms with E-state index in [0.29, 0.717) is 17.1 Å². The van der Waals surface area contributed by atoms with Crippen LogP contribution in [-0.2, 0) is 4.79 Å². The van der Waals surface area contributed by atoms with Gasteiger partial charge in [0.2, 0.25) is 5.91 Å². The number of pyridine rings is 1. The summed E-state index contributed by atoms with van der Waals surface area (Å²) < 4.78 is 1.71. The van der Waals surface area contributed by atoms with Crippen LogP contribution >= 0.6 is 0 Å². The molecule has 126 valence electrons. The van der Waals surface area contributed by atoms with Crippen LogP contribution in [0.5, 0.6) is 0 Å². The topological polar surface area (TPSA) is 88.9 Å². The van der Waals surface area contributed by atoms with E-state index in [1.807, 2.05) is 6.07 Å². The smallest absolute Gasteiger partial charge is 0.256 e. The van der Waals surface area contributed by atoms with Crippen LogP contribution in [0.25, 0.3) is 0 Å². The van der Waals surface area contributed by atoms with Crippen LogP contribution in [0.4, 0.5) is 11.5 Å². The van der Waals surface area contributed by atoms with Gasteiger partial charge in [-0.05, 0) is 31.2 Å². The zero-order chi connectivity index (χ0) is 17.6. The summed E-state index contributed by atoms with van der Waals surface area (Å²) in [7, 11) is 0. The summed E-state index contributed by atoms with van der Waals surface area (Å²) in [5, 5.41) is 5.49. The lowest BCUT2D eigenvalue weighted by Crippen LogP contribution is -2.23. The van der Waals surface area contributed by atoms with E-state index in [0.717, 1.165) is 0 Å². The highest BCUT2D eigenvalue weighted by molar-refractivity contribution is 6.03. The summed E-state index contributed by atoms with van der Waals surface area (Å²) in [6.45, 7) is 1.78. The first-order valence-electron chi connectivity index (χ1n) is 7.74. The van der Waals surface area contributed by atoms with E-state index >= 15 is 0 Å². The first-order valence-corrected chi connectivity index (χ1v) is 7.74. The van der Waals surface area contributed by atoms with Gasteiger partial charge < -0.3 is 15.2 Å². The first kappa shape index (κ1) is 16.4. The summed E-state index contributed by atoms with van der Waals surface area (Å²) in [5.41, 5.74) is 1.10. The third-order valence-electron chi connectivity index (χ3n) is 3.66. The van der Waals surface area contributed by atoms with Crippen molar-refractivity contribution in [2.45, 2.75) is 13.0 Å². The Morgan fingerprint density at radius 3 is 2.52 bits per heavy atom. The monoisotopic (exact) mass is 335 g/mol. The normalized spacial score (nSPS) is 11.6. The second-order valence-corrected chi connectivity index (χ2v) is 5.43. The molecule has 3 rings (SSSR count). The summed E-state index contributed by atoms with van der Waals surface area (Å²) in [4.78, 5) is 32.3. The molecule has 0 spiro atoms. The van der Waals surface area contributed by atoms with Crippen LogP contribution < -0.4 is 10.6 Å². The van der Waals surface area contributed by atoms with Crippen LogP contribution in [-0.4, -0.2) is 26.3 Å². The molecule has 1 unspecified atom stereocenters. The maximum atomic E-state index is 12.2.